The molecule has 0 amide bonds. The van der Waals surface area contributed by atoms with Gasteiger partial charge in [0.25, 0.3) is 0 Å². The van der Waals surface area contributed by atoms with Gasteiger partial charge in [-0.2, -0.15) is 0 Å². The van der Waals surface area contributed by atoms with Crippen molar-refractivity contribution in [1.29, 1.82) is 0 Å². The van der Waals surface area contributed by atoms with E-state index in [0.29, 0.717) is 18.8 Å². The quantitative estimate of drug-likeness (QED) is 0.256. The third-order valence-electron chi connectivity index (χ3n) is 3.73. The molecule has 0 spiro atoms. The van der Waals surface area contributed by atoms with E-state index >= 15 is 0 Å². The van der Waals surface area contributed by atoms with Crippen molar-refractivity contribution in [2.75, 3.05) is 20.2 Å². The van der Waals surface area contributed by atoms with E-state index in [9.17, 15) is 10.1 Å². The van der Waals surface area contributed by atoms with Gasteiger partial charge in [-0.05, 0) is 23.1 Å². The topological polar surface area (TPSA) is 67.7 Å². The van der Waals surface area contributed by atoms with Crippen LogP contribution >= 0.6 is 0 Å². The molecule has 0 unspecified atom stereocenters. The van der Waals surface area contributed by atoms with Crippen LogP contribution in [0, 0.1) is 10.1 Å². The Morgan fingerprint density at radius 3 is 2.53 bits per heavy atom. The van der Waals surface area contributed by atoms with Gasteiger partial charge in [0.05, 0.1) is 6.61 Å². The number of hydrogen-bond acceptors (Lipinski definition) is 5. The number of amidine groups is 1. The summed E-state index contributed by atoms with van der Waals surface area (Å²) < 4.78 is 6.02. The van der Waals surface area contributed by atoms with E-state index in [0.717, 1.165) is 0 Å². The third kappa shape index (κ3) is 3.87. The SMILES string of the molecule is C/N=C(\C1=CN1CCO[Si](C)(C)C(C)(C)C)[N+](=O)[O-]. The highest BCUT2D eigenvalue weighted by atomic mass is 28.4. The van der Waals surface area contributed by atoms with Crippen LogP contribution < -0.4 is 0 Å². The summed E-state index contributed by atoms with van der Waals surface area (Å²) in [6.45, 7) is 12.2. The summed E-state index contributed by atoms with van der Waals surface area (Å²) in [5.74, 6) is -0.0765. The zero-order valence-electron chi connectivity index (χ0n) is 12.6. The van der Waals surface area contributed by atoms with Crippen molar-refractivity contribution in [2.24, 2.45) is 4.99 Å². The second-order valence-electron chi connectivity index (χ2n) is 6.12. The summed E-state index contributed by atoms with van der Waals surface area (Å²) >= 11 is 0. The lowest BCUT2D eigenvalue weighted by Crippen LogP contribution is -2.41. The average molecular weight is 285 g/mol. The molecule has 0 aromatic carbocycles. The van der Waals surface area contributed by atoms with Crippen LogP contribution in [0.3, 0.4) is 0 Å². The predicted octanol–water partition coefficient (Wildman–Crippen LogP) is 2.47. The number of rotatable bonds is 5. The molecular formula is C12H23N3O3Si. The van der Waals surface area contributed by atoms with Crippen LogP contribution in [0.4, 0.5) is 0 Å². The maximum atomic E-state index is 10.7. The maximum Gasteiger partial charge on any atom is 0.383 e. The van der Waals surface area contributed by atoms with E-state index < -0.39 is 13.2 Å². The van der Waals surface area contributed by atoms with Gasteiger partial charge in [-0.3, -0.25) is 0 Å². The first-order valence-corrected chi connectivity index (χ1v) is 9.25. The molecule has 0 aliphatic carbocycles. The second-order valence-corrected chi connectivity index (χ2v) is 10.9. The van der Waals surface area contributed by atoms with Gasteiger partial charge in [0.2, 0.25) is 0 Å². The molecule has 19 heavy (non-hydrogen) atoms. The Labute approximate surface area is 115 Å². The molecule has 0 aromatic heterocycles. The first-order valence-electron chi connectivity index (χ1n) is 6.34. The van der Waals surface area contributed by atoms with Crippen molar-refractivity contribution in [1.82, 2.24) is 4.90 Å². The number of nitrogens with zero attached hydrogens (tertiary/aromatic N) is 3. The molecule has 0 radical (unpaired) electrons. The van der Waals surface area contributed by atoms with Crippen LogP contribution in [0.1, 0.15) is 20.8 Å². The van der Waals surface area contributed by atoms with Crippen molar-refractivity contribution in [2.45, 2.75) is 38.9 Å². The normalized spacial score (nSPS) is 16.4. The van der Waals surface area contributed by atoms with Crippen molar-refractivity contribution in [3.63, 3.8) is 0 Å². The van der Waals surface area contributed by atoms with E-state index in [1.807, 2.05) is 4.90 Å². The molecule has 1 aliphatic heterocycles. The van der Waals surface area contributed by atoms with Gasteiger partial charge in [0, 0.05) is 12.7 Å². The molecule has 0 saturated carbocycles. The van der Waals surface area contributed by atoms with E-state index in [1.165, 1.54) is 7.05 Å². The zero-order valence-corrected chi connectivity index (χ0v) is 13.6. The van der Waals surface area contributed by atoms with Crippen molar-refractivity contribution < 1.29 is 9.35 Å². The molecule has 6 nitrogen and oxygen atoms in total. The molecule has 1 heterocycles. The molecule has 0 bridgehead atoms. The molecular weight excluding hydrogens is 262 g/mol. The summed E-state index contributed by atoms with van der Waals surface area (Å²) in [4.78, 5) is 15.7. The fourth-order valence-electron chi connectivity index (χ4n) is 1.40. The highest BCUT2D eigenvalue weighted by Crippen LogP contribution is 2.36. The minimum Gasteiger partial charge on any atom is -0.415 e. The Bertz CT molecular complexity index is 424. The summed E-state index contributed by atoms with van der Waals surface area (Å²) in [5.41, 5.74) is 0.589. The molecule has 7 heteroatoms. The Kier molecular flexibility index (Phi) is 4.52. The number of aliphatic imine (C=N–C) groups is 1. The predicted molar refractivity (Wildman–Crippen MR) is 78.3 cm³/mol. The van der Waals surface area contributed by atoms with Crippen LogP contribution in [0.15, 0.2) is 16.9 Å². The first-order chi connectivity index (χ1) is 8.60. The van der Waals surface area contributed by atoms with Crippen LogP contribution in [-0.2, 0) is 4.43 Å². The lowest BCUT2D eigenvalue weighted by atomic mass is 10.2. The van der Waals surface area contributed by atoms with E-state index in [4.69, 9.17) is 4.43 Å². The highest BCUT2D eigenvalue weighted by Gasteiger charge is 2.38. The van der Waals surface area contributed by atoms with Gasteiger partial charge >= 0.3 is 5.84 Å². The molecule has 0 saturated heterocycles. The summed E-state index contributed by atoms with van der Waals surface area (Å²) in [6, 6.07) is 0. The smallest absolute Gasteiger partial charge is 0.383 e. The van der Waals surface area contributed by atoms with Gasteiger partial charge < -0.3 is 19.4 Å². The molecule has 0 atom stereocenters. The number of hydrogen-bond donors (Lipinski definition) is 0. The largest absolute Gasteiger partial charge is 0.415 e. The fraction of sp³-hybridized carbons (Fsp3) is 0.750. The van der Waals surface area contributed by atoms with Crippen LogP contribution in [-0.4, -0.2) is 44.2 Å². The van der Waals surface area contributed by atoms with Gasteiger partial charge in [-0.25, -0.2) is 0 Å². The lowest BCUT2D eigenvalue weighted by molar-refractivity contribution is -0.349. The minimum absolute atomic E-state index is 0.0765. The Balaban J connectivity index is 2.38. The van der Waals surface area contributed by atoms with E-state index in [2.05, 4.69) is 38.9 Å². The van der Waals surface area contributed by atoms with Gasteiger partial charge in [0.1, 0.15) is 7.05 Å². The van der Waals surface area contributed by atoms with Gasteiger partial charge in [-0.15, -0.1) is 0 Å². The van der Waals surface area contributed by atoms with Crippen molar-refractivity contribution in [3.8, 4) is 0 Å². The second kappa shape index (κ2) is 5.42. The van der Waals surface area contributed by atoms with Gasteiger partial charge in [-0.1, -0.05) is 25.8 Å². The summed E-state index contributed by atoms with van der Waals surface area (Å²) in [6.07, 6.45) is 1.74. The molecule has 1 aliphatic rings. The van der Waals surface area contributed by atoms with Crippen molar-refractivity contribution >= 4 is 14.2 Å². The molecule has 108 valence electrons. The van der Waals surface area contributed by atoms with Crippen LogP contribution in [0.5, 0.6) is 0 Å². The summed E-state index contributed by atoms with van der Waals surface area (Å²) in [5, 5.41) is 10.9. The highest BCUT2D eigenvalue weighted by molar-refractivity contribution is 6.74. The van der Waals surface area contributed by atoms with Crippen molar-refractivity contribution in [3.05, 3.63) is 22.0 Å². The standard InChI is InChI=1S/C12H23N3O3Si/c1-12(2,3)19(5,6)18-8-7-14-9-10(14)11(13-4)15(16)17/h9H,7-8H2,1-6H3/b13-11+. The average Bonchev–Trinajstić information content (AvgIpc) is 2.96. The molecule has 0 N–H and O–H groups in total. The Morgan fingerprint density at radius 1 is 1.53 bits per heavy atom. The fourth-order valence-corrected chi connectivity index (χ4v) is 2.43. The molecule has 1 rings (SSSR count). The first kappa shape index (κ1) is 15.8. The zero-order chi connectivity index (χ0) is 14.8. The van der Waals surface area contributed by atoms with Crippen LogP contribution in [0.2, 0.25) is 18.1 Å². The maximum absolute atomic E-state index is 10.7. The molecule has 0 aromatic rings. The Hall–Kier alpha value is -1.21. The van der Waals surface area contributed by atoms with Gasteiger partial charge in [0.15, 0.2) is 14.0 Å². The number of nitro groups is 1. The molecule has 0 fully saturated rings. The van der Waals surface area contributed by atoms with Crippen LogP contribution in [0.25, 0.3) is 0 Å². The monoisotopic (exact) mass is 285 g/mol. The third-order valence-corrected chi connectivity index (χ3v) is 8.27. The summed E-state index contributed by atoms with van der Waals surface area (Å²) in [7, 11) is -0.305. The Morgan fingerprint density at radius 2 is 2.11 bits per heavy atom. The van der Waals surface area contributed by atoms with E-state index in [-0.39, 0.29) is 10.9 Å². The van der Waals surface area contributed by atoms with E-state index in [1.54, 1.807) is 6.20 Å². The lowest BCUT2D eigenvalue weighted by Gasteiger charge is -2.36. The minimum atomic E-state index is -1.74.